The molecular weight excluding hydrogens is 250 g/mol. The monoisotopic (exact) mass is 277 g/mol. The Labute approximate surface area is 122 Å². The number of benzene rings is 1. The summed E-state index contributed by atoms with van der Waals surface area (Å²) in [7, 11) is 1.41. The van der Waals surface area contributed by atoms with Crippen LogP contribution in [0.5, 0.6) is 0 Å². The highest BCUT2D eigenvalue weighted by Gasteiger charge is 2.34. The summed E-state index contributed by atoms with van der Waals surface area (Å²) in [5.74, 6) is 0. The molecule has 1 aromatic carbocycles. The lowest BCUT2D eigenvalue weighted by Gasteiger charge is -2.29. The lowest BCUT2D eigenvalue weighted by atomic mass is 9.80. The van der Waals surface area contributed by atoms with E-state index in [0.717, 1.165) is 6.42 Å². The molecule has 0 bridgehead atoms. The standard InChI is InChI=1S/C15H21NO2.C2H6/c1-18-14(17)16-12-15(9-5-6-10-15)11-13-7-3-2-4-8-13;1-2/h2-4,7-8H,5-6,9-12H2,1H3,(H,16,17);1-2H3. The number of rotatable bonds is 4. The number of amides is 1. The number of ether oxygens (including phenoxy) is 1. The highest BCUT2D eigenvalue weighted by molar-refractivity contribution is 5.66. The minimum absolute atomic E-state index is 0.218. The topological polar surface area (TPSA) is 38.3 Å². The van der Waals surface area contributed by atoms with Gasteiger partial charge >= 0.3 is 6.09 Å². The van der Waals surface area contributed by atoms with E-state index < -0.39 is 0 Å². The van der Waals surface area contributed by atoms with Gasteiger partial charge < -0.3 is 10.1 Å². The van der Waals surface area contributed by atoms with Gasteiger partial charge in [-0.2, -0.15) is 0 Å². The molecule has 20 heavy (non-hydrogen) atoms. The number of carbonyl (C=O) groups excluding carboxylic acids is 1. The van der Waals surface area contributed by atoms with Crippen molar-refractivity contribution >= 4 is 6.09 Å². The van der Waals surface area contributed by atoms with Crippen molar-refractivity contribution in [1.82, 2.24) is 5.32 Å². The molecule has 0 aliphatic heterocycles. The minimum atomic E-state index is -0.325. The molecule has 1 N–H and O–H groups in total. The third-order valence-electron chi connectivity index (χ3n) is 3.88. The number of methoxy groups -OCH3 is 1. The highest BCUT2D eigenvalue weighted by Crippen LogP contribution is 2.40. The third-order valence-corrected chi connectivity index (χ3v) is 3.88. The van der Waals surface area contributed by atoms with Crippen LogP contribution in [0.1, 0.15) is 45.1 Å². The van der Waals surface area contributed by atoms with E-state index >= 15 is 0 Å². The van der Waals surface area contributed by atoms with E-state index in [1.165, 1.54) is 38.4 Å². The minimum Gasteiger partial charge on any atom is -0.453 e. The summed E-state index contributed by atoms with van der Waals surface area (Å²) in [5, 5.41) is 2.87. The Morgan fingerprint density at radius 2 is 1.80 bits per heavy atom. The van der Waals surface area contributed by atoms with Gasteiger partial charge in [-0.15, -0.1) is 0 Å². The van der Waals surface area contributed by atoms with Crippen LogP contribution in [0.4, 0.5) is 4.79 Å². The van der Waals surface area contributed by atoms with Crippen molar-refractivity contribution in [1.29, 1.82) is 0 Å². The van der Waals surface area contributed by atoms with Gasteiger partial charge in [0.15, 0.2) is 0 Å². The van der Waals surface area contributed by atoms with Crippen LogP contribution < -0.4 is 5.32 Å². The number of nitrogens with one attached hydrogen (secondary N) is 1. The number of alkyl carbamates (subject to hydrolysis) is 1. The lowest BCUT2D eigenvalue weighted by molar-refractivity contribution is 0.162. The van der Waals surface area contributed by atoms with Crippen LogP contribution in [0.25, 0.3) is 0 Å². The zero-order valence-electron chi connectivity index (χ0n) is 12.9. The van der Waals surface area contributed by atoms with E-state index in [9.17, 15) is 4.79 Å². The maximum absolute atomic E-state index is 11.2. The quantitative estimate of drug-likeness (QED) is 0.897. The maximum atomic E-state index is 11.2. The molecular formula is C17H27NO2. The second-order valence-corrected chi connectivity index (χ2v) is 5.21. The molecule has 3 nitrogen and oxygen atoms in total. The van der Waals surface area contributed by atoms with Gasteiger partial charge in [-0.1, -0.05) is 57.0 Å². The SMILES string of the molecule is CC.COC(=O)NCC1(Cc2ccccc2)CCCC1. The van der Waals surface area contributed by atoms with Crippen LogP contribution in [0, 0.1) is 5.41 Å². The van der Waals surface area contributed by atoms with Gasteiger partial charge in [0.1, 0.15) is 0 Å². The Morgan fingerprint density at radius 1 is 1.20 bits per heavy atom. The first-order valence-corrected chi connectivity index (χ1v) is 7.60. The molecule has 1 aliphatic rings. The van der Waals surface area contributed by atoms with Gasteiger partial charge in [0, 0.05) is 6.54 Å². The molecule has 1 saturated carbocycles. The van der Waals surface area contributed by atoms with Gasteiger partial charge in [-0.3, -0.25) is 0 Å². The zero-order valence-corrected chi connectivity index (χ0v) is 12.9. The Bertz CT molecular complexity index is 383. The Balaban J connectivity index is 0.000000956. The van der Waals surface area contributed by atoms with Crippen molar-refractivity contribution in [3.05, 3.63) is 35.9 Å². The Hall–Kier alpha value is -1.51. The predicted octanol–water partition coefficient (Wildman–Crippen LogP) is 4.17. The number of carbonyl (C=O) groups is 1. The van der Waals surface area contributed by atoms with Crippen molar-refractivity contribution < 1.29 is 9.53 Å². The largest absolute Gasteiger partial charge is 0.453 e. The van der Waals surface area contributed by atoms with E-state index in [2.05, 4.69) is 34.3 Å². The van der Waals surface area contributed by atoms with Gasteiger partial charge in [0.05, 0.1) is 7.11 Å². The normalized spacial score (nSPS) is 15.9. The fourth-order valence-electron chi connectivity index (χ4n) is 2.90. The van der Waals surface area contributed by atoms with E-state index in [1.54, 1.807) is 0 Å². The number of hydrogen-bond donors (Lipinski definition) is 1. The second-order valence-electron chi connectivity index (χ2n) is 5.21. The third kappa shape index (κ3) is 4.87. The van der Waals surface area contributed by atoms with Crippen LogP contribution in [0.15, 0.2) is 30.3 Å². The molecule has 0 unspecified atom stereocenters. The molecule has 0 heterocycles. The number of hydrogen-bond acceptors (Lipinski definition) is 2. The van der Waals surface area contributed by atoms with Crippen molar-refractivity contribution in [3.8, 4) is 0 Å². The highest BCUT2D eigenvalue weighted by atomic mass is 16.5. The molecule has 112 valence electrons. The first-order chi connectivity index (χ1) is 9.74. The summed E-state index contributed by atoms with van der Waals surface area (Å²) >= 11 is 0. The second kappa shape index (κ2) is 8.62. The van der Waals surface area contributed by atoms with Crippen molar-refractivity contribution in [2.24, 2.45) is 5.41 Å². The predicted molar refractivity (Wildman–Crippen MR) is 82.8 cm³/mol. The molecule has 0 aromatic heterocycles. The summed E-state index contributed by atoms with van der Waals surface area (Å²) in [4.78, 5) is 11.2. The van der Waals surface area contributed by atoms with Gasteiger partial charge in [-0.25, -0.2) is 4.79 Å². The summed E-state index contributed by atoms with van der Waals surface area (Å²) < 4.78 is 4.66. The van der Waals surface area contributed by atoms with Crippen LogP contribution in [-0.2, 0) is 11.2 Å². The first kappa shape index (κ1) is 16.5. The molecule has 0 atom stereocenters. The fourth-order valence-corrected chi connectivity index (χ4v) is 2.90. The van der Waals surface area contributed by atoms with E-state index in [1.807, 2.05) is 19.9 Å². The van der Waals surface area contributed by atoms with Crippen LogP contribution in [-0.4, -0.2) is 19.7 Å². The molecule has 1 aliphatic carbocycles. The molecule has 0 spiro atoms. The van der Waals surface area contributed by atoms with E-state index in [4.69, 9.17) is 0 Å². The van der Waals surface area contributed by atoms with Gasteiger partial charge in [0.2, 0.25) is 0 Å². The fraction of sp³-hybridized carbons (Fsp3) is 0.588. The summed E-state index contributed by atoms with van der Waals surface area (Å²) in [6.07, 6.45) is 5.61. The molecule has 1 fully saturated rings. The summed E-state index contributed by atoms with van der Waals surface area (Å²) in [5.41, 5.74) is 1.57. The Kier molecular flexibility index (Phi) is 7.13. The average Bonchev–Trinajstić information content (AvgIpc) is 2.97. The van der Waals surface area contributed by atoms with E-state index in [-0.39, 0.29) is 11.5 Å². The van der Waals surface area contributed by atoms with Crippen LogP contribution >= 0.6 is 0 Å². The average molecular weight is 277 g/mol. The zero-order chi connectivity index (χ0) is 14.8. The van der Waals surface area contributed by atoms with Crippen LogP contribution in [0.2, 0.25) is 0 Å². The van der Waals surface area contributed by atoms with E-state index in [0.29, 0.717) is 6.54 Å². The molecule has 0 radical (unpaired) electrons. The summed E-state index contributed by atoms with van der Waals surface area (Å²) in [6, 6.07) is 10.5. The molecule has 0 saturated heterocycles. The maximum Gasteiger partial charge on any atom is 0.406 e. The van der Waals surface area contributed by atoms with Crippen molar-refractivity contribution in [3.63, 3.8) is 0 Å². The van der Waals surface area contributed by atoms with Gasteiger partial charge in [-0.05, 0) is 30.2 Å². The van der Waals surface area contributed by atoms with Crippen molar-refractivity contribution in [2.75, 3.05) is 13.7 Å². The van der Waals surface area contributed by atoms with Crippen LogP contribution in [0.3, 0.4) is 0 Å². The lowest BCUT2D eigenvalue weighted by Crippen LogP contribution is -2.37. The molecule has 3 heteroatoms. The molecule has 1 aromatic rings. The Morgan fingerprint density at radius 3 is 2.35 bits per heavy atom. The first-order valence-electron chi connectivity index (χ1n) is 7.60. The summed E-state index contributed by atoms with van der Waals surface area (Å²) in [6.45, 7) is 4.72. The van der Waals surface area contributed by atoms with Crippen molar-refractivity contribution in [2.45, 2.75) is 46.0 Å². The smallest absolute Gasteiger partial charge is 0.406 e. The van der Waals surface area contributed by atoms with Gasteiger partial charge in [0.25, 0.3) is 0 Å². The molecule has 2 rings (SSSR count). The molecule has 1 amide bonds.